The summed E-state index contributed by atoms with van der Waals surface area (Å²) in [5, 5.41) is 0. The van der Waals surface area contributed by atoms with Crippen molar-refractivity contribution in [3.8, 4) is 0 Å². The van der Waals surface area contributed by atoms with Crippen LogP contribution in [0.1, 0.15) is 707 Å². The summed E-state index contributed by atoms with van der Waals surface area (Å²) in [5.41, 5.74) is 1.63. The smallest absolute Gasteiger partial charge is 0.0297 e. The van der Waals surface area contributed by atoms with E-state index in [1.807, 2.05) is 0 Å². The Morgan fingerprint density at radius 2 is 0.263 bits per heavy atom. The molecular formula is C137H246. The van der Waals surface area contributed by atoms with Crippen molar-refractivity contribution >= 4 is 0 Å². The van der Waals surface area contributed by atoms with Crippen LogP contribution < -0.4 is 0 Å². The third-order valence-corrected chi connectivity index (χ3v) is 46.4. The minimum Gasteiger partial charge on any atom is -0.0594 e. The van der Waals surface area contributed by atoms with Crippen LogP contribution in [0.4, 0.5) is 0 Å². The van der Waals surface area contributed by atoms with Gasteiger partial charge in [0.2, 0.25) is 0 Å². The van der Waals surface area contributed by atoms with Crippen molar-refractivity contribution in [2.24, 2.45) is 159 Å². The predicted molar refractivity (Wildman–Crippen MR) is 601 cm³/mol. The van der Waals surface area contributed by atoms with E-state index in [-0.39, 0.29) is 0 Å². The Kier molecular flexibility index (Phi) is 52.3. The molecule has 0 heterocycles. The molecule has 37 fully saturated rings. The Morgan fingerprint density at radius 1 is 0.102 bits per heavy atom. The molecule has 6 atom stereocenters. The largest absolute Gasteiger partial charge is 0.0594 e. The van der Waals surface area contributed by atoms with Gasteiger partial charge in [0.15, 0.2) is 0 Å². The number of fused-ring (bicyclic) bond motifs is 14. The predicted octanol–water partition coefficient (Wildman–Crippen LogP) is 46.1. The maximum absolute atomic E-state index is 2.54. The zero-order valence-electron chi connectivity index (χ0n) is 93.5. The molecular weight excluding hydrogens is 1650 g/mol. The Labute approximate surface area is 859 Å². The van der Waals surface area contributed by atoms with Gasteiger partial charge in [-0.15, -0.1) is 0 Å². The van der Waals surface area contributed by atoms with Crippen LogP contribution in [0.5, 0.6) is 0 Å². The van der Waals surface area contributed by atoms with Gasteiger partial charge in [0.1, 0.15) is 0 Å². The second-order valence-corrected chi connectivity index (χ2v) is 57.5. The summed E-state index contributed by atoms with van der Waals surface area (Å²) in [6.45, 7) is 2.54. The maximum Gasteiger partial charge on any atom is -0.0297 e. The van der Waals surface area contributed by atoms with Gasteiger partial charge < -0.3 is 0 Å². The first-order chi connectivity index (χ1) is 67.7. The molecule has 0 heteroatoms. The van der Waals surface area contributed by atoms with Crippen LogP contribution in [-0.4, -0.2) is 0 Å². The molecule has 0 radical (unpaired) electrons. The van der Waals surface area contributed by atoms with Gasteiger partial charge in [-0.05, 0) is 332 Å². The van der Waals surface area contributed by atoms with Gasteiger partial charge in [-0.1, -0.05) is 533 Å². The second kappa shape index (κ2) is 64.5. The third kappa shape index (κ3) is 42.4. The first-order valence-electron chi connectivity index (χ1n) is 67.7. The van der Waals surface area contributed by atoms with E-state index in [2.05, 4.69) is 6.92 Å². The van der Waals surface area contributed by atoms with Crippen LogP contribution >= 0.6 is 0 Å². The average molecular weight is 1890 g/mol. The molecule has 0 N–H and O–H groups in total. The van der Waals surface area contributed by atoms with Crippen LogP contribution in [0.15, 0.2) is 0 Å². The van der Waals surface area contributed by atoms with E-state index in [0.717, 1.165) is 52.3 Å². The molecule has 0 amide bonds. The first kappa shape index (κ1) is 111. The van der Waals surface area contributed by atoms with E-state index in [1.165, 1.54) is 479 Å². The van der Waals surface area contributed by atoms with E-state index in [0.29, 0.717) is 0 Å². The summed E-state index contributed by atoms with van der Waals surface area (Å²) in [6.07, 6.45) is 168. The molecule has 37 aliphatic carbocycles. The molecule has 1 spiro atoms. The lowest BCUT2D eigenvalue weighted by atomic mass is 9.56. The highest BCUT2D eigenvalue weighted by Gasteiger charge is 2.46. The molecule has 0 aromatic carbocycles. The SMILES string of the molecule is C1C2CC1C2.C1C2CC3CC1CC(C2)C3.C1CC1.C1CC2CC1C2.C1CC2CCC1C2.C1CC2CCC1CC2.C1CC2CCCC(C1)C2.C1CC2CCCC2C1.C1CCC1.C1CCC2(CC1)CCCCC2.C1CCC2CCCCC2C1.C1CCCC1.C1CCCCC1.C1CCCCCC1.C1CCCCCCC1.C1CC[C@H]2CC[C@H]2C1.C1C[C@@H]2C[C@@H]2C1.C1C[C@H]2C[C@@H]12.CC12CCCCC1CCCC2. The lowest BCUT2D eigenvalue weighted by Crippen LogP contribution is -2.38. The normalized spacial score (nSPS) is 40.9. The summed E-state index contributed by atoms with van der Waals surface area (Å²) >= 11 is 0. The highest BCUT2D eigenvalue weighted by atomic mass is 14.5. The highest BCUT2D eigenvalue weighted by Crippen LogP contribution is 2.58. The fraction of sp³-hybridized carbons (Fsp3) is 1.00. The summed E-state index contributed by atoms with van der Waals surface area (Å²) < 4.78 is 0. The summed E-state index contributed by atoms with van der Waals surface area (Å²) in [7, 11) is 0. The lowest BCUT2D eigenvalue weighted by Gasteiger charge is -2.49. The molecule has 0 unspecified atom stereocenters. The van der Waals surface area contributed by atoms with Gasteiger partial charge >= 0.3 is 0 Å². The zero-order chi connectivity index (χ0) is 93.5. The minimum absolute atomic E-state index is 0.774. The molecule has 0 saturated heterocycles. The summed E-state index contributed by atoms with van der Waals surface area (Å²) in [4.78, 5) is 0. The van der Waals surface area contributed by atoms with Crippen molar-refractivity contribution in [3.05, 3.63) is 0 Å². The third-order valence-electron chi connectivity index (χ3n) is 46.4. The van der Waals surface area contributed by atoms with Gasteiger partial charge in [-0.3, -0.25) is 0 Å². The van der Waals surface area contributed by atoms with Gasteiger partial charge in [0.05, 0.1) is 0 Å². The minimum atomic E-state index is 0.774. The summed E-state index contributed by atoms with van der Waals surface area (Å²) in [5.74, 6) is 29.5. The van der Waals surface area contributed by atoms with E-state index in [1.54, 1.807) is 327 Å². The van der Waals surface area contributed by atoms with Crippen LogP contribution in [0.3, 0.4) is 0 Å². The van der Waals surface area contributed by atoms with Gasteiger partial charge in [-0.25, -0.2) is 0 Å². The Bertz CT molecular complexity index is 2590. The molecule has 137 heavy (non-hydrogen) atoms. The van der Waals surface area contributed by atoms with Crippen LogP contribution in [0.2, 0.25) is 0 Å². The zero-order valence-corrected chi connectivity index (χ0v) is 93.5. The number of hydrogen-bond donors (Lipinski definition) is 0. The van der Waals surface area contributed by atoms with E-state index in [4.69, 9.17) is 0 Å². The number of rotatable bonds is 0. The van der Waals surface area contributed by atoms with E-state index < -0.39 is 0 Å². The van der Waals surface area contributed by atoms with Gasteiger partial charge in [0.25, 0.3) is 0 Å². The Hall–Kier alpha value is 0. The lowest BCUT2D eigenvalue weighted by molar-refractivity contribution is 0.0197. The molecule has 0 aromatic heterocycles. The topological polar surface area (TPSA) is 0 Å². The summed E-state index contributed by atoms with van der Waals surface area (Å²) in [6, 6.07) is 0. The highest BCUT2D eigenvalue weighted by molar-refractivity contribution is 4.98. The average Bonchev–Trinajstić information content (AvgIpc) is 1.14. The molecule has 0 aliphatic heterocycles. The van der Waals surface area contributed by atoms with Gasteiger partial charge in [-0.2, -0.15) is 0 Å². The van der Waals surface area contributed by atoms with E-state index >= 15 is 0 Å². The van der Waals surface area contributed by atoms with Crippen molar-refractivity contribution in [2.75, 3.05) is 0 Å². The van der Waals surface area contributed by atoms with Crippen molar-refractivity contribution in [1.29, 1.82) is 0 Å². The maximum atomic E-state index is 2.54. The molecule has 794 valence electrons. The molecule has 14 bridgehead atoms. The second-order valence-electron chi connectivity index (χ2n) is 57.5. The first-order valence-corrected chi connectivity index (χ1v) is 67.7. The molecule has 0 aromatic rings. The molecule has 0 nitrogen and oxygen atoms in total. The van der Waals surface area contributed by atoms with Gasteiger partial charge in [0, 0.05) is 0 Å². The van der Waals surface area contributed by atoms with Crippen LogP contribution in [0.25, 0.3) is 0 Å². The fourth-order valence-corrected chi connectivity index (χ4v) is 35.7. The Morgan fingerprint density at radius 3 is 0.438 bits per heavy atom. The molecule has 37 saturated carbocycles. The quantitative estimate of drug-likeness (QED) is 0.212. The molecule has 37 rings (SSSR count). The van der Waals surface area contributed by atoms with Crippen molar-refractivity contribution in [2.45, 2.75) is 707 Å². The monoisotopic (exact) mass is 1890 g/mol. The fourth-order valence-electron chi connectivity index (χ4n) is 35.7. The van der Waals surface area contributed by atoms with Crippen LogP contribution in [0, 0.1) is 159 Å². The van der Waals surface area contributed by atoms with Crippen molar-refractivity contribution in [1.82, 2.24) is 0 Å². The van der Waals surface area contributed by atoms with Crippen molar-refractivity contribution < 1.29 is 0 Å². The van der Waals surface area contributed by atoms with E-state index in [9.17, 15) is 0 Å². The van der Waals surface area contributed by atoms with Crippen molar-refractivity contribution in [3.63, 3.8) is 0 Å². The number of hydrogen-bond acceptors (Lipinski definition) is 0. The van der Waals surface area contributed by atoms with Crippen LogP contribution in [-0.2, 0) is 0 Å². The molecule has 37 aliphatic rings. The standard InChI is InChI=1S/2C11H20.C10H16.C10H18.C9H16.3C8H14.C8H16.C7H12.C7H14.2C6H10.C6H12.2C5H8.C5H10.C4H8.C3H6/c1-11-8-4-2-6-10(11)7-3-5-9-11;1-3-7-11(8-4-1)9-5-2-6-10-11;1-7-2-9-4-8(1)5-10(3-7)6-9;1-2-6-10-8-4-3-7-9(10)5-1;1-3-8-5-2-6-9(4-1)7-8;1-3-7-5-2-6-8(7)4-1;1-2-8-5-3-7(1)4-6-8;1-2-4-8-6-5-7(8)3-1;1-2-4-6-8-7-5-3-1;1-2-7-4-3-6(1)5-7;1-2-4-6-7-5-3-1;1-2-6-3-5(1)4-6;1-2-5-4-6(5)3-1;1-2-4-6-5-3-1;1-4-2-5(1)3-4;1-2-5-3-4(1)5;1-2-4-5-3-1;1-2-4-3-1;1-2-3-1/h10H,2-9H2,1H3;1-10H2;7-10H,1-6H2;9-10H,1-8H2;8-9H,1-7H2;3*7-8H,1-6H2;1-8H2;6-7H,1-5H2;1-7H2;2*5-6H,1-4H2;1-6H2;2*4-5H,1-3H2;1-5H2;1-4H2;1-3H2/t;;;;;;;7-,8+;;;;;5-,6+;;;4-,5+;;;. The Balaban J connectivity index is 0.000000110.